The minimum atomic E-state index is -1.40. The summed E-state index contributed by atoms with van der Waals surface area (Å²) >= 11 is 0. The molecule has 4 atom stereocenters. The number of rotatable bonds is 4. The fourth-order valence-electron chi connectivity index (χ4n) is 3.21. The van der Waals surface area contributed by atoms with Gasteiger partial charge in [-0.2, -0.15) is 5.26 Å². The van der Waals surface area contributed by atoms with Gasteiger partial charge in [0.1, 0.15) is 24.1 Å². The molecule has 7 nitrogen and oxygen atoms in total. The fourth-order valence-corrected chi connectivity index (χ4v) is 3.21. The lowest BCUT2D eigenvalue weighted by molar-refractivity contribution is -0.242. The first-order valence-corrected chi connectivity index (χ1v) is 8.80. The molecule has 146 valence electrons. The van der Waals surface area contributed by atoms with Gasteiger partial charge in [-0.05, 0) is 61.4 Å². The number of carbonyl (C=O) groups excluding carboxylic acids is 1. The lowest BCUT2D eigenvalue weighted by Gasteiger charge is -2.35. The van der Waals surface area contributed by atoms with Gasteiger partial charge in [0, 0.05) is 11.1 Å². The molecule has 3 N–H and O–H groups in total. The molecule has 7 heteroatoms. The van der Waals surface area contributed by atoms with Crippen molar-refractivity contribution in [1.29, 1.82) is 5.26 Å². The normalized spacial score (nSPS) is 24.4. The van der Waals surface area contributed by atoms with Gasteiger partial charge in [-0.1, -0.05) is 0 Å². The van der Waals surface area contributed by atoms with Crippen LogP contribution < -0.4 is 4.74 Å². The molecule has 1 saturated heterocycles. The number of aryl methyl sites for hydroxylation is 2. The summed E-state index contributed by atoms with van der Waals surface area (Å²) in [5.41, 5.74) is 2.83. The predicted molar refractivity (Wildman–Crippen MR) is 98.9 cm³/mol. The molecular formula is C21H21NO6. The van der Waals surface area contributed by atoms with Gasteiger partial charge in [0.2, 0.25) is 6.29 Å². The number of aliphatic hydroxyl groups is 3. The summed E-state index contributed by atoms with van der Waals surface area (Å²) in [4.78, 5) is 12.9. The third-order valence-electron chi connectivity index (χ3n) is 4.72. The van der Waals surface area contributed by atoms with Gasteiger partial charge >= 0.3 is 0 Å². The van der Waals surface area contributed by atoms with Crippen molar-refractivity contribution in [1.82, 2.24) is 0 Å². The highest BCUT2D eigenvalue weighted by Gasteiger charge is 2.39. The molecule has 1 fully saturated rings. The molecule has 0 saturated carbocycles. The Morgan fingerprint density at radius 1 is 1.11 bits per heavy atom. The van der Waals surface area contributed by atoms with E-state index in [1.807, 2.05) is 6.07 Å². The number of hydrogen-bond donors (Lipinski definition) is 3. The smallest absolute Gasteiger partial charge is 0.228 e. The van der Waals surface area contributed by atoms with Crippen molar-refractivity contribution in [3.63, 3.8) is 0 Å². The van der Waals surface area contributed by atoms with E-state index in [0.717, 1.165) is 0 Å². The highest BCUT2D eigenvalue weighted by atomic mass is 16.7. The van der Waals surface area contributed by atoms with Crippen LogP contribution in [0.15, 0.2) is 36.4 Å². The number of aliphatic hydroxyl groups excluding tert-OH is 3. The predicted octanol–water partition coefficient (Wildman–Crippen LogP) is 1.22. The Hall–Kier alpha value is -2.76. The summed E-state index contributed by atoms with van der Waals surface area (Å²) in [7, 11) is 0. The molecule has 0 aliphatic carbocycles. The van der Waals surface area contributed by atoms with Gasteiger partial charge in [0.05, 0.1) is 18.2 Å². The van der Waals surface area contributed by atoms with E-state index in [2.05, 4.69) is 0 Å². The highest BCUT2D eigenvalue weighted by Crippen LogP contribution is 2.27. The van der Waals surface area contributed by atoms with Gasteiger partial charge in [-0.15, -0.1) is 0 Å². The zero-order valence-corrected chi connectivity index (χ0v) is 15.5. The lowest BCUT2D eigenvalue weighted by Crippen LogP contribution is -2.54. The minimum Gasteiger partial charge on any atom is -0.462 e. The summed E-state index contributed by atoms with van der Waals surface area (Å²) in [5, 5.41) is 38.2. The number of benzene rings is 2. The van der Waals surface area contributed by atoms with Crippen molar-refractivity contribution in [2.75, 3.05) is 6.61 Å². The van der Waals surface area contributed by atoms with Crippen LogP contribution in [0.25, 0.3) is 0 Å². The SMILES string of the molecule is Cc1cc(O[C@H]2OC[C@@H](O)[C@H](O)[C@@H]2O)cc(C)c1C(=O)c1ccc(C#N)cc1. The summed E-state index contributed by atoms with van der Waals surface area (Å²) in [6.45, 7) is 3.39. The summed E-state index contributed by atoms with van der Waals surface area (Å²) in [6, 6.07) is 11.7. The third-order valence-corrected chi connectivity index (χ3v) is 4.72. The van der Waals surface area contributed by atoms with Gasteiger partial charge in [-0.25, -0.2) is 0 Å². The molecular weight excluding hydrogens is 362 g/mol. The van der Waals surface area contributed by atoms with Gasteiger partial charge in [0.25, 0.3) is 0 Å². The van der Waals surface area contributed by atoms with Crippen LogP contribution in [0.1, 0.15) is 32.6 Å². The van der Waals surface area contributed by atoms with Gasteiger partial charge in [-0.3, -0.25) is 4.79 Å². The van der Waals surface area contributed by atoms with Crippen molar-refractivity contribution in [3.05, 3.63) is 64.2 Å². The van der Waals surface area contributed by atoms with Crippen molar-refractivity contribution in [2.24, 2.45) is 0 Å². The summed E-state index contributed by atoms with van der Waals surface area (Å²) in [6.07, 6.45) is -5.06. The average molecular weight is 383 g/mol. The Morgan fingerprint density at radius 3 is 2.29 bits per heavy atom. The summed E-state index contributed by atoms with van der Waals surface area (Å²) in [5.74, 6) is 0.206. The zero-order chi connectivity index (χ0) is 20.4. The molecule has 0 spiro atoms. The first kappa shape index (κ1) is 20.0. The van der Waals surface area contributed by atoms with E-state index in [-0.39, 0.29) is 12.4 Å². The number of carbonyl (C=O) groups is 1. The lowest BCUT2D eigenvalue weighted by atomic mass is 9.94. The van der Waals surface area contributed by atoms with E-state index < -0.39 is 24.6 Å². The molecule has 1 aliphatic heterocycles. The minimum absolute atomic E-state index is 0.157. The number of nitrogens with zero attached hydrogens (tertiary/aromatic N) is 1. The van der Waals surface area contributed by atoms with E-state index >= 15 is 0 Å². The van der Waals surface area contributed by atoms with Crippen molar-refractivity contribution in [3.8, 4) is 11.8 Å². The van der Waals surface area contributed by atoms with Crippen LogP contribution in [0.5, 0.6) is 5.75 Å². The molecule has 1 heterocycles. The standard InChI is InChI=1S/C21H21NO6/c1-11-7-15(28-21-20(26)19(25)16(23)10-27-21)8-12(2)17(11)18(24)14-5-3-13(9-22)4-6-14/h3-8,16,19-21,23,25-26H,10H2,1-2H3/t16-,19+,20+,21-/m1/s1. The summed E-state index contributed by atoms with van der Waals surface area (Å²) < 4.78 is 10.9. The van der Waals surface area contributed by atoms with Gasteiger partial charge < -0.3 is 24.8 Å². The number of nitriles is 1. The Bertz CT molecular complexity index is 894. The van der Waals surface area contributed by atoms with E-state index in [1.54, 1.807) is 50.2 Å². The maximum absolute atomic E-state index is 12.9. The molecule has 0 unspecified atom stereocenters. The van der Waals surface area contributed by atoms with E-state index in [1.165, 1.54) is 0 Å². The van der Waals surface area contributed by atoms with Crippen LogP contribution >= 0.6 is 0 Å². The zero-order valence-electron chi connectivity index (χ0n) is 15.5. The number of ether oxygens (including phenoxy) is 2. The van der Waals surface area contributed by atoms with E-state index in [9.17, 15) is 20.1 Å². The first-order chi connectivity index (χ1) is 13.3. The van der Waals surface area contributed by atoms with Crippen molar-refractivity contribution >= 4 is 5.78 Å². The van der Waals surface area contributed by atoms with Crippen LogP contribution in [-0.2, 0) is 4.74 Å². The van der Waals surface area contributed by atoms with E-state index in [4.69, 9.17) is 14.7 Å². The van der Waals surface area contributed by atoms with Crippen LogP contribution in [-0.4, -0.2) is 52.3 Å². The topological polar surface area (TPSA) is 120 Å². The average Bonchev–Trinajstić information content (AvgIpc) is 2.68. The molecule has 2 aromatic rings. The second-order valence-electron chi connectivity index (χ2n) is 6.82. The number of hydrogen-bond acceptors (Lipinski definition) is 7. The monoisotopic (exact) mass is 383 g/mol. The first-order valence-electron chi connectivity index (χ1n) is 8.80. The van der Waals surface area contributed by atoms with Crippen LogP contribution in [0.3, 0.4) is 0 Å². The molecule has 2 aromatic carbocycles. The molecule has 0 amide bonds. The van der Waals surface area contributed by atoms with Crippen molar-refractivity contribution < 1.29 is 29.6 Å². The third kappa shape index (κ3) is 3.91. The molecule has 1 aliphatic rings. The highest BCUT2D eigenvalue weighted by molar-refractivity contribution is 6.10. The maximum Gasteiger partial charge on any atom is 0.228 e. The second kappa shape index (κ2) is 8.09. The Kier molecular flexibility index (Phi) is 5.77. The second-order valence-corrected chi connectivity index (χ2v) is 6.82. The number of ketones is 1. The Labute approximate surface area is 162 Å². The molecule has 0 aromatic heterocycles. The Balaban J connectivity index is 1.82. The van der Waals surface area contributed by atoms with Crippen molar-refractivity contribution in [2.45, 2.75) is 38.4 Å². The van der Waals surface area contributed by atoms with Crippen LogP contribution in [0.4, 0.5) is 0 Å². The molecule has 0 bridgehead atoms. The van der Waals surface area contributed by atoms with Gasteiger partial charge in [0.15, 0.2) is 5.78 Å². The fraction of sp³-hybridized carbons (Fsp3) is 0.333. The molecule has 0 radical (unpaired) electrons. The molecule has 28 heavy (non-hydrogen) atoms. The van der Waals surface area contributed by atoms with E-state index in [0.29, 0.717) is 33.6 Å². The quantitative estimate of drug-likeness (QED) is 0.679. The molecule has 3 rings (SSSR count). The maximum atomic E-state index is 12.9. The van der Waals surface area contributed by atoms with Crippen LogP contribution in [0, 0.1) is 25.2 Å². The Morgan fingerprint density at radius 2 is 1.71 bits per heavy atom. The van der Waals surface area contributed by atoms with Crippen LogP contribution in [0.2, 0.25) is 0 Å². The largest absolute Gasteiger partial charge is 0.462 e.